The fraction of sp³-hybridized carbons (Fsp3) is 0.571. The van der Waals surface area contributed by atoms with Crippen molar-refractivity contribution in [1.82, 2.24) is 5.32 Å². The van der Waals surface area contributed by atoms with Crippen LogP contribution in [0.3, 0.4) is 0 Å². The third-order valence-corrected chi connectivity index (χ3v) is 3.18. The van der Waals surface area contributed by atoms with Crippen LogP contribution in [0.5, 0.6) is 0 Å². The summed E-state index contributed by atoms with van der Waals surface area (Å²) in [6.45, 7) is 5.08. The maximum atomic E-state index is 9.68. The van der Waals surface area contributed by atoms with E-state index in [0.717, 1.165) is 10.6 Å². The van der Waals surface area contributed by atoms with Crippen molar-refractivity contribution in [1.29, 1.82) is 0 Å². The van der Waals surface area contributed by atoms with Gasteiger partial charge in [0.15, 0.2) is 0 Å². The first kappa shape index (κ1) is 15.4. The molecule has 0 fully saturated rings. The molecule has 2 atom stereocenters. The third-order valence-electron chi connectivity index (χ3n) is 2.84. The Hall–Kier alpha value is -0.610. The van der Waals surface area contributed by atoms with E-state index in [0.29, 0.717) is 19.1 Å². The van der Waals surface area contributed by atoms with Gasteiger partial charge in [0.2, 0.25) is 0 Å². The van der Waals surface area contributed by atoms with E-state index in [9.17, 15) is 5.11 Å². The summed E-state index contributed by atoms with van der Waals surface area (Å²) >= 11 is 6.21. The number of benzene rings is 1. The number of aliphatic hydroxyl groups is 1. The maximum Gasteiger partial charge on any atom is 0.0897 e. The molecule has 0 bridgehead atoms. The van der Waals surface area contributed by atoms with Crippen LogP contribution in [-0.4, -0.2) is 31.5 Å². The molecule has 3 nitrogen and oxygen atoms in total. The van der Waals surface area contributed by atoms with Crippen molar-refractivity contribution >= 4 is 11.6 Å². The smallest absolute Gasteiger partial charge is 0.0897 e. The van der Waals surface area contributed by atoms with Crippen LogP contribution in [0.4, 0.5) is 0 Å². The van der Waals surface area contributed by atoms with Crippen molar-refractivity contribution in [2.75, 3.05) is 20.3 Å². The van der Waals surface area contributed by atoms with Gasteiger partial charge in [0, 0.05) is 24.7 Å². The van der Waals surface area contributed by atoms with Gasteiger partial charge in [0.05, 0.1) is 12.7 Å². The predicted molar refractivity (Wildman–Crippen MR) is 74.9 cm³/mol. The van der Waals surface area contributed by atoms with Gasteiger partial charge in [-0.05, 0) is 17.5 Å². The fourth-order valence-electron chi connectivity index (χ4n) is 1.95. The quantitative estimate of drug-likeness (QED) is 0.801. The molecular formula is C14H22ClNO2. The van der Waals surface area contributed by atoms with Gasteiger partial charge >= 0.3 is 0 Å². The molecule has 2 N–H and O–H groups in total. The molecule has 0 aliphatic carbocycles. The molecule has 1 rings (SSSR count). The molecule has 18 heavy (non-hydrogen) atoms. The number of halogens is 1. The van der Waals surface area contributed by atoms with Crippen LogP contribution in [0.25, 0.3) is 0 Å². The van der Waals surface area contributed by atoms with Gasteiger partial charge in [-0.25, -0.2) is 0 Å². The Labute approximate surface area is 114 Å². The Balaban J connectivity index is 2.69. The summed E-state index contributed by atoms with van der Waals surface area (Å²) in [5.74, 6) is 0.389. The van der Waals surface area contributed by atoms with Gasteiger partial charge in [-0.3, -0.25) is 0 Å². The highest BCUT2D eigenvalue weighted by Gasteiger charge is 2.18. The minimum atomic E-state index is -0.501. The molecule has 2 unspecified atom stereocenters. The van der Waals surface area contributed by atoms with E-state index >= 15 is 0 Å². The van der Waals surface area contributed by atoms with Crippen molar-refractivity contribution in [3.05, 3.63) is 34.9 Å². The maximum absolute atomic E-state index is 9.68. The van der Waals surface area contributed by atoms with E-state index in [1.165, 1.54) is 0 Å². The Bertz CT molecular complexity index is 357. The Kier molecular flexibility index (Phi) is 6.65. The number of ether oxygens (including phenoxy) is 1. The molecule has 0 aliphatic heterocycles. The van der Waals surface area contributed by atoms with Crippen LogP contribution in [0.15, 0.2) is 24.3 Å². The summed E-state index contributed by atoms with van der Waals surface area (Å²) in [4.78, 5) is 0. The topological polar surface area (TPSA) is 41.5 Å². The van der Waals surface area contributed by atoms with Gasteiger partial charge in [0.1, 0.15) is 0 Å². The second-order valence-electron chi connectivity index (χ2n) is 4.76. The van der Waals surface area contributed by atoms with Crippen molar-refractivity contribution < 1.29 is 9.84 Å². The molecule has 1 aromatic carbocycles. The van der Waals surface area contributed by atoms with Gasteiger partial charge in [-0.15, -0.1) is 0 Å². The van der Waals surface area contributed by atoms with Crippen molar-refractivity contribution in [3.8, 4) is 0 Å². The first-order valence-electron chi connectivity index (χ1n) is 6.21. The van der Waals surface area contributed by atoms with Crippen LogP contribution < -0.4 is 5.32 Å². The molecule has 0 saturated carbocycles. The minimum Gasteiger partial charge on any atom is -0.389 e. The number of rotatable bonds is 7. The lowest BCUT2D eigenvalue weighted by Crippen LogP contribution is -2.35. The molecule has 0 amide bonds. The van der Waals surface area contributed by atoms with E-state index < -0.39 is 6.10 Å². The molecule has 0 heterocycles. The molecule has 0 aromatic heterocycles. The first-order valence-corrected chi connectivity index (χ1v) is 6.58. The summed E-state index contributed by atoms with van der Waals surface area (Å²) in [5, 5.41) is 13.8. The summed E-state index contributed by atoms with van der Waals surface area (Å²) in [6.07, 6.45) is -0.501. The Morgan fingerprint density at radius 3 is 2.56 bits per heavy atom. The number of hydrogen-bond donors (Lipinski definition) is 2. The highest BCUT2D eigenvalue weighted by atomic mass is 35.5. The molecule has 0 spiro atoms. The lowest BCUT2D eigenvalue weighted by Gasteiger charge is -2.25. The van der Waals surface area contributed by atoms with Gasteiger partial charge in [-0.2, -0.15) is 0 Å². The molecule has 0 radical (unpaired) electrons. The van der Waals surface area contributed by atoms with E-state index in [2.05, 4.69) is 19.2 Å². The first-order chi connectivity index (χ1) is 8.56. The fourth-order valence-corrected chi connectivity index (χ4v) is 2.20. The zero-order chi connectivity index (χ0) is 13.5. The van der Waals surface area contributed by atoms with Crippen molar-refractivity contribution in [3.63, 3.8) is 0 Å². The summed E-state index contributed by atoms with van der Waals surface area (Å²) in [5.41, 5.74) is 1.07. The summed E-state index contributed by atoms with van der Waals surface area (Å²) in [7, 11) is 1.58. The SMILES string of the molecule is COCC(O)CNC(c1ccccc1Cl)C(C)C. The molecule has 102 valence electrons. The number of aliphatic hydroxyl groups excluding tert-OH is 1. The normalized spacial score (nSPS) is 14.8. The van der Waals surface area contributed by atoms with Crippen LogP contribution in [-0.2, 0) is 4.74 Å². The minimum absolute atomic E-state index is 0.130. The molecule has 0 saturated heterocycles. The molecular weight excluding hydrogens is 250 g/mol. The monoisotopic (exact) mass is 271 g/mol. The van der Waals surface area contributed by atoms with Crippen LogP contribution >= 0.6 is 11.6 Å². The highest BCUT2D eigenvalue weighted by Crippen LogP contribution is 2.27. The van der Waals surface area contributed by atoms with E-state index in [4.69, 9.17) is 16.3 Å². The Morgan fingerprint density at radius 2 is 2.00 bits per heavy atom. The number of methoxy groups -OCH3 is 1. The van der Waals surface area contributed by atoms with Gasteiger partial charge < -0.3 is 15.2 Å². The average molecular weight is 272 g/mol. The van der Waals surface area contributed by atoms with Crippen molar-refractivity contribution in [2.45, 2.75) is 26.0 Å². The van der Waals surface area contributed by atoms with Crippen LogP contribution in [0.1, 0.15) is 25.5 Å². The van der Waals surface area contributed by atoms with Crippen LogP contribution in [0, 0.1) is 5.92 Å². The Morgan fingerprint density at radius 1 is 1.33 bits per heavy atom. The van der Waals surface area contributed by atoms with E-state index in [-0.39, 0.29) is 6.04 Å². The third kappa shape index (κ3) is 4.58. The number of hydrogen-bond acceptors (Lipinski definition) is 3. The largest absolute Gasteiger partial charge is 0.389 e. The lowest BCUT2D eigenvalue weighted by molar-refractivity contribution is 0.0615. The van der Waals surface area contributed by atoms with E-state index in [1.807, 2.05) is 24.3 Å². The summed E-state index contributed by atoms with van der Waals surface area (Å²) in [6, 6.07) is 7.93. The second kappa shape index (κ2) is 7.74. The average Bonchev–Trinajstić information content (AvgIpc) is 2.31. The zero-order valence-corrected chi connectivity index (χ0v) is 11.9. The van der Waals surface area contributed by atoms with Crippen LogP contribution in [0.2, 0.25) is 5.02 Å². The van der Waals surface area contributed by atoms with E-state index in [1.54, 1.807) is 7.11 Å². The number of nitrogens with one attached hydrogen (secondary N) is 1. The van der Waals surface area contributed by atoms with Crippen molar-refractivity contribution in [2.24, 2.45) is 5.92 Å². The van der Waals surface area contributed by atoms with Gasteiger partial charge in [-0.1, -0.05) is 43.6 Å². The molecule has 4 heteroatoms. The standard InChI is InChI=1S/C14H22ClNO2/c1-10(2)14(16-8-11(17)9-18-3)12-6-4-5-7-13(12)15/h4-7,10-11,14,16-17H,8-9H2,1-3H3. The molecule has 0 aliphatic rings. The second-order valence-corrected chi connectivity index (χ2v) is 5.17. The highest BCUT2D eigenvalue weighted by molar-refractivity contribution is 6.31. The lowest BCUT2D eigenvalue weighted by atomic mass is 9.96. The zero-order valence-electron chi connectivity index (χ0n) is 11.2. The van der Waals surface area contributed by atoms with Gasteiger partial charge in [0.25, 0.3) is 0 Å². The predicted octanol–water partition coefficient (Wildman–Crippen LogP) is 2.63. The molecule has 1 aromatic rings. The summed E-state index contributed by atoms with van der Waals surface area (Å²) < 4.78 is 4.91.